The average Bonchev–Trinajstić information content (AvgIpc) is 2.55. The highest BCUT2D eigenvalue weighted by molar-refractivity contribution is 5.94. The summed E-state index contributed by atoms with van der Waals surface area (Å²) >= 11 is 0. The summed E-state index contributed by atoms with van der Waals surface area (Å²) in [5.41, 5.74) is 8.84. The fourth-order valence-electron chi connectivity index (χ4n) is 2.53. The second-order valence-corrected chi connectivity index (χ2v) is 6.95. The lowest BCUT2D eigenvalue weighted by atomic mass is 10.0. The van der Waals surface area contributed by atoms with Gasteiger partial charge in [0.2, 0.25) is 0 Å². The number of nitrogens with zero attached hydrogens (tertiary/aromatic N) is 4. The van der Waals surface area contributed by atoms with Gasteiger partial charge in [0.15, 0.2) is 0 Å². The molecule has 8 heteroatoms. The third kappa shape index (κ3) is 5.69. The fraction of sp³-hybridized carbons (Fsp3) is 0.529. The Hall–Kier alpha value is -2.73. The molecular weight excluding hydrogens is 322 g/mol. The van der Waals surface area contributed by atoms with Crippen LogP contribution >= 0.6 is 0 Å². The van der Waals surface area contributed by atoms with E-state index < -0.39 is 5.60 Å². The summed E-state index contributed by atoms with van der Waals surface area (Å²) in [6.45, 7) is 6.62. The zero-order chi connectivity index (χ0) is 18.4. The van der Waals surface area contributed by atoms with Crippen LogP contribution in [-0.4, -0.2) is 41.6 Å². The van der Waals surface area contributed by atoms with Crippen LogP contribution < -0.4 is 5.32 Å². The molecule has 1 N–H and O–H groups in total. The molecular formula is C17H23N5O3. The fourth-order valence-corrected chi connectivity index (χ4v) is 2.53. The van der Waals surface area contributed by atoms with Gasteiger partial charge in [0.05, 0.1) is 0 Å². The first-order chi connectivity index (χ1) is 11.8. The van der Waals surface area contributed by atoms with Crippen molar-refractivity contribution in [3.05, 3.63) is 40.3 Å². The maximum atomic E-state index is 12.3. The number of hydrogen-bond acceptors (Lipinski definition) is 4. The monoisotopic (exact) mass is 345 g/mol. The van der Waals surface area contributed by atoms with Crippen LogP contribution in [0, 0.1) is 0 Å². The average molecular weight is 345 g/mol. The van der Waals surface area contributed by atoms with Crippen LogP contribution in [0.5, 0.6) is 0 Å². The first-order valence-electron chi connectivity index (χ1n) is 8.22. The largest absolute Gasteiger partial charge is 0.444 e. The Bertz CT molecular complexity index is 667. The zero-order valence-corrected chi connectivity index (χ0v) is 14.7. The molecule has 0 bridgehead atoms. The number of carbonyl (C=O) groups is 2. The van der Waals surface area contributed by atoms with E-state index >= 15 is 0 Å². The van der Waals surface area contributed by atoms with Gasteiger partial charge >= 0.3 is 6.09 Å². The molecule has 1 saturated heterocycles. The van der Waals surface area contributed by atoms with E-state index in [1.807, 2.05) is 20.8 Å². The predicted octanol–water partition coefficient (Wildman–Crippen LogP) is 3.76. The number of piperidine rings is 1. The van der Waals surface area contributed by atoms with Crippen molar-refractivity contribution in [1.82, 2.24) is 10.2 Å². The van der Waals surface area contributed by atoms with Crippen molar-refractivity contribution in [2.24, 2.45) is 5.11 Å². The zero-order valence-electron chi connectivity index (χ0n) is 14.7. The molecule has 1 aromatic carbocycles. The lowest BCUT2D eigenvalue weighted by Gasteiger charge is -2.33. The number of ether oxygens (including phenoxy) is 1. The van der Waals surface area contributed by atoms with Gasteiger partial charge in [0.25, 0.3) is 5.91 Å². The Balaban J connectivity index is 1.84. The third-order valence-electron chi connectivity index (χ3n) is 3.77. The highest BCUT2D eigenvalue weighted by atomic mass is 16.6. The Morgan fingerprint density at radius 1 is 1.24 bits per heavy atom. The number of rotatable bonds is 3. The van der Waals surface area contributed by atoms with Gasteiger partial charge in [-0.05, 0) is 51.3 Å². The number of hydrogen-bond donors (Lipinski definition) is 1. The van der Waals surface area contributed by atoms with E-state index in [-0.39, 0.29) is 18.0 Å². The number of amides is 2. The quantitative estimate of drug-likeness (QED) is 0.512. The van der Waals surface area contributed by atoms with E-state index in [1.165, 1.54) is 0 Å². The van der Waals surface area contributed by atoms with E-state index in [4.69, 9.17) is 10.3 Å². The number of nitrogens with one attached hydrogen (secondary N) is 1. The molecule has 8 nitrogen and oxygen atoms in total. The summed E-state index contributed by atoms with van der Waals surface area (Å²) in [5, 5.41) is 6.45. The van der Waals surface area contributed by atoms with Crippen molar-refractivity contribution in [2.75, 3.05) is 13.1 Å². The Kier molecular flexibility index (Phi) is 5.88. The van der Waals surface area contributed by atoms with Gasteiger partial charge < -0.3 is 15.0 Å². The Morgan fingerprint density at radius 2 is 1.84 bits per heavy atom. The number of carbonyl (C=O) groups excluding carboxylic acids is 2. The molecule has 1 heterocycles. The van der Waals surface area contributed by atoms with Crippen molar-refractivity contribution in [2.45, 2.75) is 45.3 Å². The second kappa shape index (κ2) is 7.90. The van der Waals surface area contributed by atoms with E-state index in [9.17, 15) is 9.59 Å². The Labute approximate surface area is 146 Å². The molecule has 25 heavy (non-hydrogen) atoms. The number of azide groups is 1. The molecule has 0 saturated carbocycles. The molecule has 0 aromatic heterocycles. The molecule has 0 atom stereocenters. The minimum Gasteiger partial charge on any atom is -0.444 e. The van der Waals surface area contributed by atoms with E-state index in [1.54, 1.807) is 29.2 Å². The minimum absolute atomic E-state index is 0.0167. The van der Waals surface area contributed by atoms with Gasteiger partial charge in [-0.25, -0.2) is 4.79 Å². The standard InChI is InChI=1S/C17H23N5O3/c1-17(2,3)25-16(24)22-10-8-13(9-11-22)19-15(23)12-4-6-14(7-5-12)20-21-18/h4-7,13H,8-11H2,1-3H3,(H,19,23). The first kappa shape index (κ1) is 18.6. The Morgan fingerprint density at radius 3 is 2.36 bits per heavy atom. The summed E-state index contributed by atoms with van der Waals surface area (Å²) in [6.07, 6.45) is 1.05. The smallest absolute Gasteiger partial charge is 0.410 e. The normalized spacial score (nSPS) is 15.2. The van der Waals surface area contributed by atoms with Gasteiger partial charge in [-0.3, -0.25) is 4.79 Å². The summed E-state index contributed by atoms with van der Waals surface area (Å²) in [5.74, 6) is -0.178. The number of likely N-dealkylation sites (tertiary alicyclic amines) is 1. The molecule has 1 aromatic rings. The molecule has 134 valence electrons. The van der Waals surface area contributed by atoms with Crippen molar-refractivity contribution >= 4 is 17.7 Å². The van der Waals surface area contributed by atoms with Crippen molar-refractivity contribution in [1.29, 1.82) is 0 Å². The van der Waals surface area contributed by atoms with Crippen LogP contribution in [0.4, 0.5) is 10.5 Å². The molecule has 2 amide bonds. The second-order valence-electron chi connectivity index (χ2n) is 6.95. The molecule has 0 unspecified atom stereocenters. The lowest BCUT2D eigenvalue weighted by Crippen LogP contribution is -2.47. The molecule has 1 aliphatic heterocycles. The van der Waals surface area contributed by atoms with Crippen LogP contribution in [0.15, 0.2) is 29.4 Å². The summed E-state index contributed by atoms with van der Waals surface area (Å²) in [4.78, 5) is 28.7. The van der Waals surface area contributed by atoms with Crippen molar-refractivity contribution in [3.63, 3.8) is 0 Å². The van der Waals surface area contributed by atoms with Crippen LogP contribution in [0.25, 0.3) is 10.4 Å². The molecule has 1 fully saturated rings. The minimum atomic E-state index is -0.510. The van der Waals surface area contributed by atoms with Crippen LogP contribution in [-0.2, 0) is 4.74 Å². The third-order valence-corrected chi connectivity index (χ3v) is 3.77. The summed E-state index contributed by atoms with van der Waals surface area (Å²) < 4.78 is 5.36. The topological polar surface area (TPSA) is 107 Å². The van der Waals surface area contributed by atoms with Gasteiger partial charge in [-0.1, -0.05) is 17.2 Å². The molecule has 2 rings (SSSR count). The van der Waals surface area contributed by atoms with Gasteiger partial charge in [-0.2, -0.15) is 0 Å². The van der Waals surface area contributed by atoms with Crippen molar-refractivity contribution in [3.8, 4) is 0 Å². The highest BCUT2D eigenvalue weighted by Gasteiger charge is 2.27. The lowest BCUT2D eigenvalue weighted by molar-refractivity contribution is 0.0199. The van der Waals surface area contributed by atoms with Gasteiger partial charge in [0, 0.05) is 35.3 Å². The van der Waals surface area contributed by atoms with E-state index in [0.29, 0.717) is 37.2 Å². The van der Waals surface area contributed by atoms with Crippen molar-refractivity contribution < 1.29 is 14.3 Å². The molecule has 0 spiro atoms. The van der Waals surface area contributed by atoms with E-state index in [2.05, 4.69) is 15.3 Å². The van der Waals surface area contributed by atoms with Crippen LogP contribution in [0.3, 0.4) is 0 Å². The maximum Gasteiger partial charge on any atom is 0.410 e. The first-order valence-corrected chi connectivity index (χ1v) is 8.22. The summed E-state index contributed by atoms with van der Waals surface area (Å²) in [7, 11) is 0. The van der Waals surface area contributed by atoms with Crippen LogP contribution in [0.1, 0.15) is 44.0 Å². The summed E-state index contributed by atoms with van der Waals surface area (Å²) in [6, 6.07) is 6.45. The SMILES string of the molecule is CC(C)(C)OC(=O)N1CCC(NC(=O)c2ccc(N=[N+]=[N-])cc2)CC1. The highest BCUT2D eigenvalue weighted by Crippen LogP contribution is 2.17. The maximum absolute atomic E-state index is 12.3. The molecule has 1 aliphatic rings. The van der Waals surface area contributed by atoms with E-state index in [0.717, 1.165) is 0 Å². The van der Waals surface area contributed by atoms with Gasteiger partial charge in [-0.15, -0.1) is 0 Å². The molecule has 0 radical (unpaired) electrons. The number of benzene rings is 1. The van der Waals surface area contributed by atoms with Gasteiger partial charge in [0.1, 0.15) is 5.60 Å². The predicted molar refractivity (Wildman–Crippen MR) is 93.5 cm³/mol. The van der Waals surface area contributed by atoms with Crippen LogP contribution in [0.2, 0.25) is 0 Å². The molecule has 0 aliphatic carbocycles.